The molecule has 0 radical (unpaired) electrons. The zero-order chi connectivity index (χ0) is 20.4. The minimum absolute atomic E-state index is 0.0588. The minimum atomic E-state index is -0.226. The van der Waals surface area contributed by atoms with Crippen LogP contribution < -0.4 is 10.1 Å². The Morgan fingerprint density at radius 2 is 1.86 bits per heavy atom. The fraction of sp³-hybridized carbons (Fsp3) is 0.167. The Hall–Kier alpha value is -3.60. The van der Waals surface area contributed by atoms with Crippen molar-refractivity contribution in [3.05, 3.63) is 77.4 Å². The lowest BCUT2D eigenvalue weighted by Gasteiger charge is -2.11. The van der Waals surface area contributed by atoms with Crippen molar-refractivity contribution in [1.29, 1.82) is 0 Å². The van der Waals surface area contributed by atoms with Gasteiger partial charge < -0.3 is 14.5 Å². The Bertz CT molecular complexity index is 1190. The van der Waals surface area contributed by atoms with E-state index in [9.17, 15) is 4.79 Å². The van der Waals surface area contributed by atoms with Gasteiger partial charge in [-0.15, -0.1) is 0 Å². The van der Waals surface area contributed by atoms with Crippen LogP contribution in [0.3, 0.4) is 0 Å². The van der Waals surface area contributed by atoms with Crippen LogP contribution in [0, 0.1) is 20.8 Å². The van der Waals surface area contributed by atoms with Crippen molar-refractivity contribution in [2.75, 3.05) is 11.9 Å². The van der Waals surface area contributed by atoms with Gasteiger partial charge in [0.25, 0.3) is 5.91 Å². The van der Waals surface area contributed by atoms with Gasteiger partial charge in [-0.1, -0.05) is 24.3 Å². The molecule has 0 aliphatic carbocycles. The number of anilines is 1. The topological polar surface area (TPSA) is 64.4 Å². The molecule has 1 N–H and O–H groups in total. The number of fused-ring (bicyclic) bond motifs is 1. The highest BCUT2D eigenvalue weighted by molar-refractivity contribution is 5.92. The molecule has 3 aromatic carbocycles. The molecule has 146 valence electrons. The van der Waals surface area contributed by atoms with Crippen LogP contribution in [-0.4, -0.2) is 17.5 Å². The molecule has 0 atom stereocenters. The zero-order valence-corrected chi connectivity index (χ0v) is 16.7. The second-order valence-corrected chi connectivity index (χ2v) is 7.11. The number of hydrogen-bond acceptors (Lipinski definition) is 4. The number of carbonyl (C=O) groups is 1. The Morgan fingerprint density at radius 1 is 1.03 bits per heavy atom. The van der Waals surface area contributed by atoms with Gasteiger partial charge in [-0.05, 0) is 73.9 Å². The van der Waals surface area contributed by atoms with E-state index < -0.39 is 0 Å². The number of ether oxygens (including phenoxy) is 1. The number of aryl methyl sites for hydroxylation is 2. The number of amides is 1. The van der Waals surface area contributed by atoms with Gasteiger partial charge in [-0.25, -0.2) is 4.98 Å². The molecule has 5 heteroatoms. The van der Waals surface area contributed by atoms with Crippen molar-refractivity contribution in [2.45, 2.75) is 20.8 Å². The normalized spacial score (nSPS) is 10.9. The van der Waals surface area contributed by atoms with Gasteiger partial charge in [0, 0.05) is 11.3 Å². The number of oxazole rings is 1. The van der Waals surface area contributed by atoms with Crippen LogP contribution in [0.15, 0.2) is 65.1 Å². The molecule has 1 aromatic heterocycles. The highest BCUT2D eigenvalue weighted by Crippen LogP contribution is 2.27. The SMILES string of the molecule is Cc1ccc2oc(-c3cccc(NC(=O)COc4cccc(C)c4C)c3)nc2c1. The van der Waals surface area contributed by atoms with Crippen LogP contribution >= 0.6 is 0 Å². The first-order valence-electron chi connectivity index (χ1n) is 9.46. The van der Waals surface area contributed by atoms with E-state index in [2.05, 4.69) is 10.3 Å². The summed E-state index contributed by atoms with van der Waals surface area (Å²) in [7, 11) is 0. The number of carbonyl (C=O) groups excluding carboxylic acids is 1. The third kappa shape index (κ3) is 4.14. The second-order valence-electron chi connectivity index (χ2n) is 7.11. The predicted molar refractivity (Wildman–Crippen MR) is 114 cm³/mol. The number of benzene rings is 3. The highest BCUT2D eigenvalue weighted by atomic mass is 16.5. The molecule has 1 heterocycles. The van der Waals surface area contributed by atoms with E-state index in [4.69, 9.17) is 9.15 Å². The molecule has 0 bridgehead atoms. The summed E-state index contributed by atoms with van der Waals surface area (Å²) in [5.41, 5.74) is 6.31. The van der Waals surface area contributed by atoms with E-state index in [0.29, 0.717) is 11.6 Å². The summed E-state index contributed by atoms with van der Waals surface area (Å²) in [6, 6.07) is 19.1. The number of aromatic nitrogens is 1. The van der Waals surface area contributed by atoms with Gasteiger partial charge in [0.15, 0.2) is 12.2 Å². The molecular formula is C24H22N2O3. The molecule has 1 amide bonds. The summed E-state index contributed by atoms with van der Waals surface area (Å²) in [6.45, 7) is 5.95. The highest BCUT2D eigenvalue weighted by Gasteiger charge is 2.11. The molecule has 29 heavy (non-hydrogen) atoms. The number of nitrogens with one attached hydrogen (secondary N) is 1. The Labute approximate surface area is 169 Å². The van der Waals surface area contributed by atoms with Crippen molar-refractivity contribution in [2.24, 2.45) is 0 Å². The van der Waals surface area contributed by atoms with Crippen LogP contribution in [-0.2, 0) is 4.79 Å². The first-order chi connectivity index (χ1) is 14.0. The lowest BCUT2D eigenvalue weighted by Crippen LogP contribution is -2.20. The van der Waals surface area contributed by atoms with Gasteiger partial charge in [0.2, 0.25) is 5.89 Å². The standard InChI is InChI=1S/C24H22N2O3/c1-15-10-11-22-20(12-15)26-24(29-22)18-7-5-8-19(13-18)25-23(27)14-28-21-9-4-6-16(2)17(21)3/h4-13H,14H2,1-3H3,(H,25,27). The van der Waals surface area contributed by atoms with Gasteiger partial charge in [0.05, 0.1) is 0 Å². The molecule has 0 aliphatic rings. The van der Waals surface area contributed by atoms with Gasteiger partial charge in [-0.2, -0.15) is 0 Å². The van der Waals surface area contributed by atoms with Crippen molar-refractivity contribution < 1.29 is 13.9 Å². The molecule has 0 fully saturated rings. The average molecular weight is 386 g/mol. The molecule has 4 rings (SSSR count). The fourth-order valence-corrected chi connectivity index (χ4v) is 3.11. The minimum Gasteiger partial charge on any atom is -0.483 e. The number of nitrogens with zero attached hydrogens (tertiary/aromatic N) is 1. The maximum absolute atomic E-state index is 12.3. The maximum Gasteiger partial charge on any atom is 0.262 e. The first-order valence-corrected chi connectivity index (χ1v) is 9.46. The van der Waals surface area contributed by atoms with Gasteiger partial charge >= 0.3 is 0 Å². The smallest absolute Gasteiger partial charge is 0.262 e. The molecule has 4 aromatic rings. The maximum atomic E-state index is 12.3. The van der Waals surface area contributed by atoms with E-state index in [1.807, 2.05) is 81.4 Å². The first kappa shape index (κ1) is 18.7. The predicted octanol–water partition coefficient (Wildman–Crippen LogP) is 5.44. The summed E-state index contributed by atoms with van der Waals surface area (Å²) in [5, 5.41) is 2.87. The molecule has 0 saturated heterocycles. The summed E-state index contributed by atoms with van der Waals surface area (Å²) in [5.74, 6) is 1.01. The lowest BCUT2D eigenvalue weighted by molar-refractivity contribution is -0.118. The third-order valence-corrected chi connectivity index (χ3v) is 4.85. The summed E-state index contributed by atoms with van der Waals surface area (Å²) < 4.78 is 11.5. The number of hydrogen-bond donors (Lipinski definition) is 1. The van der Waals surface area contributed by atoms with Crippen LogP contribution in [0.5, 0.6) is 5.75 Å². The summed E-state index contributed by atoms with van der Waals surface area (Å²) in [6.07, 6.45) is 0. The molecule has 0 aliphatic heterocycles. The monoisotopic (exact) mass is 386 g/mol. The second kappa shape index (κ2) is 7.80. The molecule has 0 saturated carbocycles. The van der Waals surface area contributed by atoms with Crippen molar-refractivity contribution in [3.63, 3.8) is 0 Å². The van der Waals surface area contributed by atoms with Crippen LogP contribution in [0.4, 0.5) is 5.69 Å². The van der Waals surface area contributed by atoms with Crippen molar-refractivity contribution in [1.82, 2.24) is 4.98 Å². The van der Waals surface area contributed by atoms with Crippen LogP contribution in [0.1, 0.15) is 16.7 Å². The fourth-order valence-electron chi connectivity index (χ4n) is 3.11. The summed E-state index contributed by atoms with van der Waals surface area (Å²) >= 11 is 0. The van der Waals surface area contributed by atoms with Crippen LogP contribution in [0.2, 0.25) is 0 Å². The molecule has 5 nitrogen and oxygen atoms in total. The van der Waals surface area contributed by atoms with Gasteiger partial charge in [0.1, 0.15) is 11.3 Å². The van der Waals surface area contributed by atoms with E-state index >= 15 is 0 Å². The molecular weight excluding hydrogens is 364 g/mol. The Morgan fingerprint density at radius 3 is 2.72 bits per heavy atom. The number of rotatable bonds is 5. The molecule has 0 spiro atoms. The quantitative estimate of drug-likeness (QED) is 0.496. The zero-order valence-electron chi connectivity index (χ0n) is 16.7. The van der Waals surface area contributed by atoms with Crippen molar-refractivity contribution in [3.8, 4) is 17.2 Å². The van der Waals surface area contributed by atoms with Gasteiger partial charge in [-0.3, -0.25) is 4.79 Å². The largest absolute Gasteiger partial charge is 0.483 e. The van der Waals surface area contributed by atoms with E-state index in [-0.39, 0.29) is 12.5 Å². The lowest BCUT2D eigenvalue weighted by atomic mass is 10.1. The third-order valence-electron chi connectivity index (χ3n) is 4.85. The summed E-state index contributed by atoms with van der Waals surface area (Å²) in [4.78, 5) is 16.9. The van der Waals surface area contributed by atoms with E-state index in [1.54, 1.807) is 0 Å². The van der Waals surface area contributed by atoms with E-state index in [0.717, 1.165) is 39.1 Å². The van der Waals surface area contributed by atoms with Crippen molar-refractivity contribution >= 4 is 22.7 Å². The Balaban J connectivity index is 1.46. The average Bonchev–Trinajstić information content (AvgIpc) is 3.12. The molecule has 0 unspecified atom stereocenters. The van der Waals surface area contributed by atoms with Crippen LogP contribution in [0.25, 0.3) is 22.6 Å². The van der Waals surface area contributed by atoms with E-state index in [1.165, 1.54) is 0 Å². The Kier molecular flexibility index (Phi) is 5.04.